The molecule has 0 amide bonds. The van der Waals surface area contributed by atoms with Crippen LogP contribution >= 0.6 is 11.6 Å². The number of carbonyl (C=O) groups excluding carboxylic acids is 1. The first-order valence-corrected chi connectivity index (χ1v) is 5.98. The molecule has 0 N–H and O–H groups in total. The zero-order valence-corrected chi connectivity index (χ0v) is 9.77. The fourth-order valence-electron chi connectivity index (χ4n) is 1.74. The summed E-state index contributed by atoms with van der Waals surface area (Å²) in [5.41, 5.74) is 0.726. The molecule has 2 rings (SSSR count). The van der Waals surface area contributed by atoms with Crippen LogP contribution in [0.25, 0.3) is 0 Å². The lowest BCUT2D eigenvalue weighted by Gasteiger charge is -2.03. The highest BCUT2D eigenvalue weighted by Gasteiger charge is 2.21. The Balaban J connectivity index is 1.89. The molecule has 0 spiro atoms. The third-order valence-electron chi connectivity index (χ3n) is 2.93. The number of Topliss-reactive ketones (excluding diaryl/α,β-unsaturated/α-hetero) is 1. The summed E-state index contributed by atoms with van der Waals surface area (Å²) in [6, 6.07) is 4.19. The number of halogens is 2. The fraction of sp³-hybridized carbons (Fsp3) is 0.462. The van der Waals surface area contributed by atoms with Crippen molar-refractivity contribution in [2.45, 2.75) is 32.1 Å². The molecule has 1 aliphatic carbocycles. The largest absolute Gasteiger partial charge is 0.299 e. The summed E-state index contributed by atoms with van der Waals surface area (Å²) in [6.07, 6.45) is 4.48. The van der Waals surface area contributed by atoms with Crippen LogP contribution in [0.5, 0.6) is 0 Å². The third kappa shape index (κ3) is 3.31. The molecule has 1 nitrogen and oxygen atoms in total. The van der Waals surface area contributed by atoms with Crippen LogP contribution in [0.15, 0.2) is 18.2 Å². The van der Waals surface area contributed by atoms with Gasteiger partial charge in [0, 0.05) is 17.9 Å². The summed E-state index contributed by atoms with van der Waals surface area (Å²) in [4.78, 5) is 11.6. The minimum atomic E-state index is -0.362. The summed E-state index contributed by atoms with van der Waals surface area (Å²) in [6.45, 7) is 0. The molecule has 1 aromatic carbocycles. The lowest BCUT2D eigenvalue weighted by molar-refractivity contribution is -0.118. The van der Waals surface area contributed by atoms with E-state index in [1.165, 1.54) is 25.0 Å². The van der Waals surface area contributed by atoms with E-state index in [1.54, 1.807) is 6.07 Å². The Morgan fingerprint density at radius 2 is 2.19 bits per heavy atom. The van der Waals surface area contributed by atoms with E-state index in [-0.39, 0.29) is 11.6 Å². The van der Waals surface area contributed by atoms with Crippen molar-refractivity contribution in [1.29, 1.82) is 0 Å². The van der Waals surface area contributed by atoms with E-state index in [4.69, 9.17) is 11.6 Å². The van der Waals surface area contributed by atoms with Gasteiger partial charge >= 0.3 is 0 Å². The van der Waals surface area contributed by atoms with E-state index in [9.17, 15) is 9.18 Å². The van der Waals surface area contributed by atoms with E-state index < -0.39 is 0 Å². The van der Waals surface area contributed by atoms with Gasteiger partial charge < -0.3 is 0 Å². The molecular formula is C13H14ClFO. The van der Waals surface area contributed by atoms with Gasteiger partial charge in [0.2, 0.25) is 0 Å². The molecule has 0 aromatic heterocycles. The molecule has 0 bridgehead atoms. The second-order valence-electron chi connectivity index (χ2n) is 4.43. The van der Waals surface area contributed by atoms with Crippen molar-refractivity contribution >= 4 is 17.4 Å². The molecular weight excluding hydrogens is 227 g/mol. The second-order valence-corrected chi connectivity index (χ2v) is 4.84. The van der Waals surface area contributed by atoms with Crippen LogP contribution in [0.3, 0.4) is 0 Å². The molecule has 1 aromatic rings. The Kier molecular flexibility index (Phi) is 3.59. The maximum atomic E-state index is 12.8. The molecule has 0 atom stereocenters. The lowest BCUT2D eigenvalue weighted by Crippen LogP contribution is -2.03. The Bertz CT molecular complexity index is 399. The molecule has 1 aliphatic rings. The minimum Gasteiger partial charge on any atom is -0.299 e. The summed E-state index contributed by atoms with van der Waals surface area (Å²) >= 11 is 5.86. The van der Waals surface area contributed by atoms with Crippen LogP contribution in [-0.2, 0) is 11.2 Å². The van der Waals surface area contributed by atoms with Crippen LogP contribution in [0.1, 0.15) is 31.2 Å². The molecule has 0 heterocycles. The van der Waals surface area contributed by atoms with Gasteiger partial charge in [0.1, 0.15) is 11.6 Å². The fourth-order valence-corrected chi connectivity index (χ4v) is 1.97. The Morgan fingerprint density at radius 3 is 2.81 bits per heavy atom. The molecule has 86 valence electrons. The normalized spacial score (nSPS) is 15.1. The molecule has 16 heavy (non-hydrogen) atoms. The van der Waals surface area contributed by atoms with Gasteiger partial charge in [-0.15, -0.1) is 0 Å². The average Bonchev–Trinajstić information content (AvgIpc) is 3.03. The highest BCUT2D eigenvalue weighted by molar-refractivity contribution is 6.31. The minimum absolute atomic E-state index is 0.195. The van der Waals surface area contributed by atoms with Gasteiger partial charge in [-0.05, 0) is 30.0 Å². The SMILES string of the molecule is O=C(CCC1CC1)Cc1ccc(F)cc1Cl. The molecule has 1 fully saturated rings. The number of hydrogen-bond donors (Lipinski definition) is 0. The van der Waals surface area contributed by atoms with E-state index in [2.05, 4.69) is 0 Å². The summed E-state index contributed by atoms with van der Waals surface area (Å²) < 4.78 is 12.8. The summed E-state index contributed by atoms with van der Waals surface area (Å²) in [5.74, 6) is 0.604. The molecule has 0 aliphatic heterocycles. The highest BCUT2D eigenvalue weighted by atomic mass is 35.5. The van der Waals surface area contributed by atoms with E-state index in [1.807, 2.05) is 0 Å². The smallest absolute Gasteiger partial charge is 0.137 e. The van der Waals surface area contributed by atoms with Gasteiger partial charge in [-0.25, -0.2) is 4.39 Å². The number of hydrogen-bond acceptors (Lipinski definition) is 1. The van der Waals surface area contributed by atoms with Crippen LogP contribution in [0.2, 0.25) is 5.02 Å². The highest BCUT2D eigenvalue weighted by Crippen LogP contribution is 2.33. The summed E-state index contributed by atoms with van der Waals surface area (Å²) in [5, 5.41) is 0.347. The van der Waals surface area contributed by atoms with Crippen molar-refractivity contribution in [2.24, 2.45) is 5.92 Å². The zero-order chi connectivity index (χ0) is 11.5. The molecule has 0 saturated heterocycles. The van der Waals surface area contributed by atoms with Crippen molar-refractivity contribution in [3.63, 3.8) is 0 Å². The first-order valence-electron chi connectivity index (χ1n) is 5.61. The van der Waals surface area contributed by atoms with E-state index >= 15 is 0 Å². The summed E-state index contributed by atoms with van der Waals surface area (Å²) in [7, 11) is 0. The van der Waals surface area contributed by atoms with Crippen LogP contribution in [-0.4, -0.2) is 5.78 Å². The third-order valence-corrected chi connectivity index (χ3v) is 3.28. The molecule has 1 saturated carbocycles. The van der Waals surface area contributed by atoms with Crippen molar-refractivity contribution in [2.75, 3.05) is 0 Å². The molecule has 0 unspecified atom stereocenters. The maximum Gasteiger partial charge on any atom is 0.137 e. The van der Waals surface area contributed by atoms with Crippen molar-refractivity contribution in [1.82, 2.24) is 0 Å². The monoisotopic (exact) mass is 240 g/mol. The molecule has 3 heteroatoms. The zero-order valence-electron chi connectivity index (χ0n) is 9.01. The first kappa shape index (κ1) is 11.6. The van der Waals surface area contributed by atoms with Gasteiger partial charge in [-0.2, -0.15) is 0 Å². The first-order chi connectivity index (χ1) is 7.65. The number of rotatable bonds is 5. The molecule has 0 radical (unpaired) electrons. The van der Waals surface area contributed by atoms with Gasteiger partial charge in [-0.1, -0.05) is 30.5 Å². The van der Waals surface area contributed by atoms with Crippen molar-refractivity contribution in [3.05, 3.63) is 34.6 Å². The maximum absolute atomic E-state index is 12.8. The predicted molar refractivity (Wildman–Crippen MR) is 62.1 cm³/mol. The predicted octanol–water partition coefficient (Wildman–Crippen LogP) is 3.78. The van der Waals surface area contributed by atoms with Gasteiger partial charge in [0.15, 0.2) is 0 Å². The number of carbonyl (C=O) groups is 1. The quantitative estimate of drug-likeness (QED) is 0.766. The van der Waals surface area contributed by atoms with Crippen LogP contribution < -0.4 is 0 Å². The Morgan fingerprint density at radius 1 is 1.44 bits per heavy atom. The van der Waals surface area contributed by atoms with Crippen LogP contribution in [0, 0.1) is 11.7 Å². The van der Waals surface area contributed by atoms with Gasteiger partial charge in [0.25, 0.3) is 0 Å². The topological polar surface area (TPSA) is 17.1 Å². The van der Waals surface area contributed by atoms with Crippen LogP contribution in [0.4, 0.5) is 4.39 Å². The second kappa shape index (κ2) is 4.96. The Labute approximate surface area is 99.6 Å². The lowest BCUT2D eigenvalue weighted by atomic mass is 10.0. The average molecular weight is 241 g/mol. The van der Waals surface area contributed by atoms with E-state index in [0.29, 0.717) is 17.9 Å². The van der Waals surface area contributed by atoms with Crippen molar-refractivity contribution < 1.29 is 9.18 Å². The Hall–Kier alpha value is -0.890. The number of ketones is 1. The number of benzene rings is 1. The van der Waals surface area contributed by atoms with Gasteiger partial charge in [-0.3, -0.25) is 4.79 Å². The standard InChI is InChI=1S/C13H14ClFO/c14-13-8-11(15)5-4-10(13)7-12(16)6-3-9-1-2-9/h4-5,8-9H,1-3,6-7H2. The van der Waals surface area contributed by atoms with Crippen molar-refractivity contribution in [3.8, 4) is 0 Å². The van der Waals surface area contributed by atoms with E-state index in [0.717, 1.165) is 17.9 Å². The van der Waals surface area contributed by atoms with Gasteiger partial charge in [0.05, 0.1) is 0 Å².